The van der Waals surface area contributed by atoms with E-state index >= 15 is 0 Å². The molecule has 1 heterocycles. The van der Waals surface area contributed by atoms with E-state index in [-0.39, 0.29) is 18.3 Å². The number of amides is 2. The third kappa shape index (κ3) is 6.28. The fourth-order valence-corrected chi connectivity index (χ4v) is 4.49. The number of rotatable bonds is 8. The number of halogens is 2. The van der Waals surface area contributed by atoms with Crippen LogP contribution in [0.4, 0.5) is 5.69 Å². The topological polar surface area (TPSA) is 102 Å². The molecule has 0 aliphatic carbocycles. The first-order chi connectivity index (χ1) is 16.9. The van der Waals surface area contributed by atoms with Gasteiger partial charge in [-0.3, -0.25) is 9.59 Å². The van der Waals surface area contributed by atoms with Crippen LogP contribution in [0.25, 0.3) is 11.0 Å². The van der Waals surface area contributed by atoms with Crippen molar-refractivity contribution in [1.29, 1.82) is 0 Å². The van der Waals surface area contributed by atoms with Crippen LogP contribution < -0.4 is 20.2 Å². The standard InChI is InChI=1S/C25H19Br2N3O5/c1-33-21-9-15(7-8-20(21)34-14-23(31)29-18-5-3-2-4-6-18)13-28-30-25(32)22-11-16-10-17(26)12-19(27)24(16)35-22/h2-13H,14H2,1H3,(H,29,31)(H,30,32)/b28-13-. The Hall–Kier alpha value is -3.63. The zero-order chi connectivity index (χ0) is 24.8. The summed E-state index contributed by atoms with van der Waals surface area (Å²) in [6.45, 7) is -0.182. The number of nitrogens with one attached hydrogen (secondary N) is 2. The summed E-state index contributed by atoms with van der Waals surface area (Å²) in [5.74, 6) is 0.163. The predicted molar refractivity (Wildman–Crippen MR) is 140 cm³/mol. The minimum atomic E-state index is -0.489. The Balaban J connectivity index is 1.36. The molecule has 4 aromatic rings. The summed E-state index contributed by atoms with van der Waals surface area (Å²) in [5.41, 5.74) is 4.35. The second kappa shape index (κ2) is 11.2. The van der Waals surface area contributed by atoms with E-state index in [1.807, 2.05) is 30.3 Å². The normalized spacial score (nSPS) is 10.9. The number of hydrazone groups is 1. The van der Waals surface area contributed by atoms with Gasteiger partial charge >= 0.3 is 5.91 Å². The Morgan fingerprint density at radius 3 is 2.60 bits per heavy atom. The number of nitrogens with zero attached hydrogens (tertiary/aromatic N) is 1. The van der Waals surface area contributed by atoms with E-state index in [1.54, 1.807) is 36.4 Å². The Kier molecular flexibility index (Phi) is 7.84. The highest BCUT2D eigenvalue weighted by molar-refractivity contribution is 9.11. The molecule has 0 bridgehead atoms. The third-order valence-corrected chi connectivity index (χ3v) is 5.79. The largest absolute Gasteiger partial charge is 0.493 e. The zero-order valence-electron chi connectivity index (χ0n) is 18.4. The molecule has 2 amide bonds. The van der Waals surface area contributed by atoms with E-state index in [9.17, 15) is 9.59 Å². The van der Waals surface area contributed by atoms with Crippen LogP contribution in [-0.4, -0.2) is 31.7 Å². The first-order valence-corrected chi connectivity index (χ1v) is 11.9. The predicted octanol–water partition coefficient (Wildman–Crippen LogP) is 5.75. The van der Waals surface area contributed by atoms with Crippen molar-refractivity contribution in [3.8, 4) is 11.5 Å². The summed E-state index contributed by atoms with van der Waals surface area (Å²) in [5, 5.41) is 7.51. The van der Waals surface area contributed by atoms with Gasteiger partial charge in [-0.05, 0) is 70.0 Å². The highest BCUT2D eigenvalue weighted by Gasteiger charge is 2.14. The molecule has 0 unspecified atom stereocenters. The maximum absolute atomic E-state index is 12.4. The average Bonchev–Trinajstić information content (AvgIpc) is 3.28. The summed E-state index contributed by atoms with van der Waals surface area (Å²) in [6, 6.07) is 19.5. The summed E-state index contributed by atoms with van der Waals surface area (Å²) >= 11 is 6.83. The summed E-state index contributed by atoms with van der Waals surface area (Å²) < 4.78 is 18.2. The Morgan fingerprint density at radius 1 is 1.03 bits per heavy atom. The number of benzene rings is 3. The number of methoxy groups -OCH3 is 1. The molecule has 1 aromatic heterocycles. The maximum Gasteiger partial charge on any atom is 0.307 e. The molecular formula is C25H19Br2N3O5. The van der Waals surface area contributed by atoms with E-state index in [1.165, 1.54) is 13.3 Å². The molecule has 0 spiro atoms. The quantitative estimate of drug-likeness (QED) is 0.198. The van der Waals surface area contributed by atoms with Crippen molar-refractivity contribution in [2.75, 3.05) is 19.0 Å². The summed E-state index contributed by atoms with van der Waals surface area (Å²) in [7, 11) is 1.49. The zero-order valence-corrected chi connectivity index (χ0v) is 21.6. The van der Waals surface area contributed by atoms with Gasteiger partial charge in [-0.2, -0.15) is 5.10 Å². The van der Waals surface area contributed by atoms with E-state index in [4.69, 9.17) is 13.9 Å². The smallest absolute Gasteiger partial charge is 0.307 e. The summed E-state index contributed by atoms with van der Waals surface area (Å²) in [4.78, 5) is 24.5. The van der Waals surface area contributed by atoms with Crippen LogP contribution in [0.5, 0.6) is 11.5 Å². The van der Waals surface area contributed by atoms with Gasteiger partial charge in [0.25, 0.3) is 5.91 Å². The van der Waals surface area contributed by atoms with Crippen molar-refractivity contribution in [1.82, 2.24) is 5.43 Å². The second-order valence-corrected chi connectivity index (χ2v) is 9.00. The minimum Gasteiger partial charge on any atom is -0.493 e. The van der Waals surface area contributed by atoms with Crippen molar-refractivity contribution in [2.24, 2.45) is 5.10 Å². The van der Waals surface area contributed by atoms with Crippen LogP contribution >= 0.6 is 31.9 Å². The monoisotopic (exact) mass is 599 g/mol. The molecule has 10 heteroatoms. The fraction of sp³-hybridized carbons (Fsp3) is 0.0800. The Morgan fingerprint density at radius 2 is 1.83 bits per heavy atom. The molecule has 8 nitrogen and oxygen atoms in total. The van der Waals surface area contributed by atoms with E-state index in [0.29, 0.717) is 28.3 Å². The first kappa shape index (κ1) is 24.5. The van der Waals surface area contributed by atoms with E-state index in [2.05, 4.69) is 47.7 Å². The minimum absolute atomic E-state index is 0.131. The number of furan rings is 1. The first-order valence-electron chi connectivity index (χ1n) is 10.3. The van der Waals surface area contributed by atoms with Gasteiger partial charge in [0.1, 0.15) is 5.58 Å². The highest BCUT2D eigenvalue weighted by atomic mass is 79.9. The van der Waals surface area contributed by atoms with Crippen LogP contribution in [0.3, 0.4) is 0 Å². The van der Waals surface area contributed by atoms with Crippen molar-refractivity contribution in [3.63, 3.8) is 0 Å². The van der Waals surface area contributed by atoms with Gasteiger partial charge in [0.2, 0.25) is 0 Å². The number of hydrogen-bond donors (Lipinski definition) is 2. The highest BCUT2D eigenvalue weighted by Crippen LogP contribution is 2.31. The van der Waals surface area contributed by atoms with Crippen LogP contribution in [-0.2, 0) is 4.79 Å². The molecule has 0 saturated heterocycles. The van der Waals surface area contributed by atoms with Gasteiger partial charge in [0.05, 0.1) is 17.8 Å². The van der Waals surface area contributed by atoms with E-state index < -0.39 is 5.91 Å². The molecule has 178 valence electrons. The van der Waals surface area contributed by atoms with Gasteiger partial charge in [0.15, 0.2) is 23.9 Å². The van der Waals surface area contributed by atoms with Crippen LogP contribution in [0, 0.1) is 0 Å². The maximum atomic E-state index is 12.4. The van der Waals surface area contributed by atoms with Gasteiger partial charge in [0, 0.05) is 15.5 Å². The number of hydrogen-bond acceptors (Lipinski definition) is 6. The lowest BCUT2D eigenvalue weighted by Crippen LogP contribution is -2.20. The number of fused-ring (bicyclic) bond motifs is 1. The molecule has 35 heavy (non-hydrogen) atoms. The number of anilines is 1. The Bertz CT molecular complexity index is 1400. The molecule has 0 fully saturated rings. The fourth-order valence-electron chi connectivity index (χ4n) is 3.15. The van der Waals surface area contributed by atoms with Gasteiger partial charge < -0.3 is 19.2 Å². The second-order valence-electron chi connectivity index (χ2n) is 7.23. The molecule has 0 radical (unpaired) electrons. The van der Waals surface area contributed by atoms with Gasteiger partial charge in [-0.25, -0.2) is 5.43 Å². The van der Waals surface area contributed by atoms with Crippen LogP contribution in [0.1, 0.15) is 16.1 Å². The molecule has 0 aliphatic heterocycles. The molecule has 2 N–H and O–H groups in total. The molecular weight excluding hydrogens is 582 g/mol. The van der Waals surface area contributed by atoms with Crippen molar-refractivity contribution >= 4 is 66.5 Å². The Labute approximate surface area is 217 Å². The lowest BCUT2D eigenvalue weighted by Gasteiger charge is -2.11. The van der Waals surface area contributed by atoms with Crippen molar-refractivity contribution in [2.45, 2.75) is 0 Å². The van der Waals surface area contributed by atoms with Gasteiger partial charge in [-0.15, -0.1) is 0 Å². The molecule has 3 aromatic carbocycles. The van der Waals surface area contributed by atoms with Gasteiger partial charge in [-0.1, -0.05) is 34.1 Å². The number of carbonyl (C=O) groups excluding carboxylic acids is 2. The lowest BCUT2D eigenvalue weighted by molar-refractivity contribution is -0.118. The summed E-state index contributed by atoms with van der Waals surface area (Å²) in [6.07, 6.45) is 1.46. The van der Waals surface area contributed by atoms with E-state index in [0.717, 1.165) is 14.3 Å². The van der Waals surface area contributed by atoms with Crippen molar-refractivity contribution in [3.05, 3.63) is 87.0 Å². The third-order valence-electron chi connectivity index (χ3n) is 4.74. The molecule has 0 aliphatic rings. The SMILES string of the molecule is COc1cc(/C=N\NC(=O)c2cc3cc(Br)cc(Br)c3o2)ccc1OCC(=O)Nc1ccccc1. The molecule has 4 rings (SSSR count). The lowest BCUT2D eigenvalue weighted by atomic mass is 10.2. The number of para-hydroxylation sites is 1. The van der Waals surface area contributed by atoms with Crippen LogP contribution in [0.2, 0.25) is 0 Å². The van der Waals surface area contributed by atoms with Crippen molar-refractivity contribution < 1.29 is 23.5 Å². The molecule has 0 saturated carbocycles. The average molecular weight is 601 g/mol. The number of ether oxygens (including phenoxy) is 2. The molecule has 0 atom stereocenters. The number of carbonyl (C=O) groups is 2. The van der Waals surface area contributed by atoms with Crippen LogP contribution in [0.15, 0.2) is 85.2 Å².